The Morgan fingerprint density at radius 3 is 2.84 bits per heavy atom. The molecule has 1 atom stereocenters. The van der Waals surface area contributed by atoms with E-state index in [1.54, 1.807) is 12.3 Å². The zero-order valence-corrected chi connectivity index (χ0v) is 21.3. The van der Waals surface area contributed by atoms with Gasteiger partial charge in [-0.1, -0.05) is 0 Å². The molecule has 2 aromatic rings. The highest BCUT2D eigenvalue weighted by Crippen LogP contribution is 2.31. The number of nitrogens with zero attached hydrogens (tertiary/aromatic N) is 5. The molecule has 1 saturated carbocycles. The first-order chi connectivity index (χ1) is 17.8. The van der Waals surface area contributed by atoms with E-state index < -0.39 is 12.5 Å². The fraction of sp³-hybridized carbons (Fsp3) is 0.625. The van der Waals surface area contributed by atoms with Gasteiger partial charge in [0.05, 0.1) is 18.9 Å². The van der Waals surface area contributed by atoms with E-state index in [0.29, 0.717) is 54.6 Å². The summed E-state index contributed by atoms with van der Waals surface area (Å²) >= 11 is 0. The number of anilines is 4. The summed E-state index contributed by atoms with van der Waals surface area (Å²) in [6.07, 6.45) is 5.34. The summed E-state index contributed by atoms with van der Waals surface area (Å²) in [5.74, 6) is -0.924. The van der Waals surface area contributed by atoms with Crippen LogP contribution in [0.3, 0.4) is 0 Å². The molecule has 0 unspecified atom stereocenters. The number of rotatable bonds is 14. The molecule has 0 spiro atoms. The molecule has 1 aliphatic carbocycles. The van der Waals surface area contributed by atoms with Crippen molar-refractivity contribution < 1.29 is 18.3 Å². The Kier molecular flexibility index (Phi) is 9.11. The van der Waals surface area contributed by atoms with Gasteiger partial charge in [0.1, 0.15) is 30.1 Å². The molecular formula is C24H35F2N9O2. The van der Waals surface area contributed by atoms with Crippen LogP contribution in [0.15, 0.2) is 18.6 Å². The van der Waals surface area contributed by atoms with Crippen molar-refractivity contribution in [3.63, 3.8) is 0 Å². The summed E-state index contributed by atoms with van der Waals surface area (Å²) in [4.78, 5) is 19.8. The third kappa shape index (κ3) is 8.51. The SMILES string of the molecule is C[C@H]1CN(c2nc(Nc3ccncn3)c(NCCOCC(C)(F)F)c(C(=N)COCC3CC3)n2)CCN1. The first kappa shape index (κ1) is 27.0. The lowest BCUT2D eigenvalue weighted by molar-refractivity contribution is -0.0600. The Morgan fingerprint density at radius 1 is 1.30 bits per heavy atom. The zero-order chi connectivity index (χ0) is 26.3. The third-order valence-corrected chi connectivity index (χ3v) is 5.86. The first-order valence-electron chi connectivity index (χ1n) is 12.6. The lowest BCUT2D eigenvalue weighted by atomic mass is 10.2. The van der Waals surface area contributed by atoms with Crippen LogP contribution in [0.4, 0.5) is 32.1 Å². The Hall–Kier alpha value is -3.03. The number of alkyl halides is 2. The fourth-order valence-corrected chi connectivity index (χ4v) is 3.85. The molecule has 0 bridgehead atoms. The molecule has 2 aliphatic rings. The number of piperazine rings is 1. The van der Waals surface area contributed by atoms with E-state index in [1.807, 2.05) is 0 Å². The van der Waals surface area contributed by atoms with Crippen LogP contribution in [0.2, 0.25) is 0 Å². The first-order valence-corrected chi connectivity index (χ1v) is 12.6. The average molecular weight is 520 g/mol. The van der Waals surface area contributed by atoms with Gasteiger partial charge in [-0.05, 0) is 31.7 Å². The molecule has 0 aromatic carbocycles. The van der Waals surface area contributed by atoms with Crippen LogP contribution in [0, 0.1) is 11.3 Å². The minimum atomic E-state index is -2.91. The van der Waals surface area contributed by atoms with Gasteiger partial charge in [-0.25, -0.2) is 23.7 Å². The summed E-state index contributed by atoms with van der Waals surface area (Å²) in [6, 6.07) is 1.96. The number of hydrogen-bond donors (Lipinski definition) is 4. The van der Waals surface area contributed by atoms with Crippen LogP contribution in [-0.4, -0.2) is 90.2 Å². The summed E-state index contributed by atoms with van der Waals surface area (Å²) in [5.41, 5.74) is 1.03. The second kappa shape index (κ2) is 12.5. The summed E-state index contributed by atoms with van der Waals surface area (Å²) in [5, 5.41) is 18.6. The van der Waals surface area contributed by atoms with E-state index in [-0.39, 0.29) is 31.5 Å². The summed E-state index contributed by atoms with van der Waals surface area (Å²) < 4.78 is 37.2. The molecular weight excluding hydrogens is 484 g/mol. The quantitative estimate of drug-likeness (QED) is 0.218. The summed E-state index contributed by atoms with van der Waals surface area (Å²) in [7, 11) is 0. The normalized spacial score (nSPS) is 18.1. The molecule has 0 radical (unpaired) electrons. The van der Waals surface area contributed by atoms with Gasteiger partial charge in [0.2, 0.25) is 5.95 Å². The molecule has 1 aliphatic heterocycles. The molecule has 3 heterocycles. The Bertz CT molecular complexity index is 1030. The minimum absolute atomic E-state index is 0.0401. The van der Waals surface area contributed by atoms with Crippen LogP contribution in [0.25, 0.3) is 0 Å². The number of hydrogen-bond acceptors (Lipinski definition) is 11. The summed E-state index contributed by atoms with van der Waals surface area (Å²) in [6.45, 7) is 5.42. The van der Waals surface area contributed by atoms with E-state index >= 15 is 0 Å². The highest BCUT2D eigenvalue weighted by Gasteiger charge is 2.26. The average Bonchev–Trinajstić information content (AvgIpc) is 3.68. The molecule has 4 N–H and O–H groups in total. The zero-order valence-electron chi connectivity index (χ0n) is 21.3. The maximum atomic E-state index is 13.1. The van der Waals surface area contributed by atoms with Crippen LogP contribution >= 0.6 is 0 Å². The van der Waals surface area contributed by atoms with Crippen molar-refractivity contribution in [3.05, 3.63) is 24.3 Å². The fourth-order valence-electron chi connectivity index (χ4n) is 3.85. The van der Waals surface area contributed by atoms with Gasteiger partial charge in [0.15, 0.2) is 5.82 Å². The van der Waals surface area contributed by atoms with Crippen LogP contribution in [0.5, 0.6) is 0 Å². The lowest BCUT2D eigenvalue weighted by Gasteiger charge is -2.32. The number of aromatic nitrogens is 4. The van der Waals surface area contributed by atoms with Gasteiger partial charge in [-0.15, -0.1) is 0 Å². The third-order valence-electron chi connectivity index (χ3n) is 5.86. The standard InChI is InChI=1S/C24H35F2N9O2/c1-16-11-35(9-7-29-16)23-33-20(18(27)13-37-12-17-3-4-17)21(30-8-10-36-14-24(2,25)26)22(34-23)32-19-5-6-28-15-31-19/h5-6,15-17,27,29-30H,3-4,7-14H2,1-2H3,(H,28,31,32,33,34)/t16-/m0/s1. The van der Waals surface area contributed by atoms with E-state index in [1.165, 1.54) is 6.33 Å². The minimum Gasteiger partial charge on any atom is -0.378 e. The van der Waals surface area contributed by atoms with Gasteiger partial charge in [-0.3, -0.25) is 0 Å². The van der Waals surface area contributed by atoms with Crippen molar-refractivity contribution in [1.82, 2.24) is 25.3 Å². The largest absolute Gasteiger partial charge is 0.378 e. The van der Waals surface area contributed by atoms with Crippen LogP contribution < -0.4 is 20.9 Å². The van der Waals surface area contributed by atoms with Crippen LogP contribution in [0.1, 0.15) is 32.4 Å². The van der Waals surface area contributed by atoms with Crippen molar-refractivity contribution >= 4 is 29.0 Å². The molecule has 13 heteroatoms. The predicted molar refractivity (Wildman–Crippen MR) is 137 cm³/mol. The Balaban J connectivity index is 1.61. The maximum absolute atomic E-state index is 13.1. The molecule has 0 amide bonds. The molecule has 2 aromatic heterocycles. The van der Waals surface area contributed by atoms with E-state index in [2.05, 4.69) is 37.7 Å². The van der Waals surface area contributed by atoms with Gasteiger partial charge in [-0.2, -0.15) is 4.98 Å². The van der Waals surface area contributed by atoms with Gasteiger partial charge in [0, 0.05) is 51.9 Å². The predicted octanol–water partition coefficient (Wildman–Crippen LogP) is 2.69. The molecule has 1 saturated heterocycles. The molecule has 11 nitrogen and oxygen atoms in total. The Morgan fingerprint density at radius 2 is 2.14 bits per heavy atom. The highest BCUT2D eigenvalue weighted by atomic mass is 19.3. The van der Waals surface area contributed by atoms with E-state index in [9.17, 15) is 8.78 Å². The highest BCUT2D eigenvalue weighted by molar-refractivity contribution is 6.04. The number of ether oxygens (including phenoxy) is 2. The molecule has 2 fully saturated rings. The molecule has 202 valence electrons. The van der Waals surface area contributed by atoms with E-state index in [4.69, 9.17) is 24.9 Å². The van der Waals surface area contributed by atoms with Crippen molar-refractivity contribution in [2.75, 3.05) is 68.1 Å². The van der Waals surface area contributed by atoms with Gasteiger partial charge in [0.25, 0.3) is 5.92 Å². The van der Waals surface area contributed by atoms with Crippen molar-refractivity contribution in [2.45, 2.75) is 38.7 Å². The van der Waals surface area contributed by atoms with Crippen molar-refractivity contribution in [2.24, 2.45) is 5.92 Å². The Labute approximate surface area is 215 Å². The number of nitrogens with one attached hydrogen (secondary N) is 4. The maximum Gasteiger partial charge on any atom is 0.268 e. The monoisotopic (exact) mass is 519 g/mol. The second-order valence-electron chi connectivity index (χ2n) is 9.60. The van der Waals surface area contributed by atoms with Gasteiger partial charge >= 0.3 is 0 Å². The van der Waals surface area contributed by atoms with Crippen molar-refractivity contribution in [3.8, 4) is 0 Å². The lowest BCUT2D eigenvalue weighted by Crippen LogP contribution is -2.50. The molecule has 4 rings (SSSR count). The van der Waals surface area contributed by atoms with Crippen molar-refractivity contribution in [1.29, 1.82) is 5.41 Å². The molecule has 37 heavy (non-hydrogen) atoms. The smallest absolute Gasteiger partial charge is 0.268 e. The van der Waals surface area contributed by atoms with Crippen LogP contribution in [-0.2, 0) is 9.47 Å². The van der Waals surface area contributed by atoms with E-state index in [0.717, 1.165) is 26.3 Å². The van der Waals surface area contributed by atoms with Gasteiger partial charge < -0.3 is 35.7 Å². The number of halogens is 2. The second-order valence-corrected chi connectivity index (χ2v) is 9.60. The topological polar surface area (TPSA) is 133 Å².